The minimum Gasteiger partial charge on any atom is -0.476 e. The first-order valence-electron chi connectivity index (χ1n) is 6.07. The van der Waals surface area contributed by atoms with Crippen LogP contribution >= 0.6 is 0 Å². The van der Waals surface area contributed by atoms with Crippen LogP contribution in [0.3, 0.4) is 0 Å². The Kier molecular flexibility index (Phi) is 3.35. The van der Waals surface area contributed by atoms with Gasteiger partial charge in [-0.1, -0.05) is 6.07 Å². The quantitative estimate of drug-likeness (QED) is 0.753. The van der Waals surface area contributed by atoms with Crippen LogP contribution in [0.2, 0.25) is 0 Å². The van der Waals surface area contributed by atoms with E-state index in [0.717, 1.165) is 0 Å². The average molecular weight is 276 g/mol. The lowest BCUT2D eigenvalue weighted by atomic mass is 9.93. The highest BCUT2D eigenvalue weighted by Crippen LogP contribution is 2.20. The Hall–Kier alpha value is -2.57. The molecule has 106 valence electrons. The second-order valence-electron chi connectivity index (χ2n) is 5.14. The van der Waals surface area contributed by atoms with Crippen molar-refractivity contribution in [3.8, 4) is 0 Å². The van der Waals surface area contributed by atoms with Crippen molar-refractivity contribution in [1.29, 1.82) is 0 Å². The van der Waals surface area contributed by atoms with Crippen molar-refractivity contribution >= 4 is 23.3 Å². The number of nitrogens with zero attached hydrogens (tertiary/aromatic N) is 2. The lowest BCUT2D eigenvalue weighted by Crippen LogP contribution is -2.37. The number of amides is 1. The number of carbonyl (C=O) groups excluding carboxylic acids is 1. The van der Waals surface area contributed by atoms with E-state index >= 15 is 0 Å². The van der Waals surface area contributed by atoms with Crippen LogP contribution in [0.5, 0.6) is 0 Å². The molecule has 0 aromatic carbocycles. The van der Waals surface area contributed by atoms with Crippen molar-refractivity contribution in [2.45, 2.75) is 13.8 Å². The fourth-order valence-electron chi connectivity index (χ4n) is 1.72. The number of nitrogens with two attached hydrogens (primary N) is 1. The Morgan fingerprint density at radius 2 is 2.15 bits per heavy atom. The first-order chi connectivity index (χ1) is 9.33. The third-order valence-electron chi connectivity index (χ3n) is 3.10. The van der Waals surface area contributed by atoms with Crippen molar-refractivity contribution in [3.05, 3.63) is 30.1 Å². The number of carboxylic acids is 1. The van der Waals surface area contributed by atoms with E-state index in [-0.39, 0.29) is 18.1 Å². The smallest absolute Gasteiger partial charge is 0.356 e. The molecule has 0 atom stereocenters. The average Bonchev–Trinajstić information content (AvgIpc) is 2.74. The number of primary amides is 1. The number of carbonyl (C=O) groups is 2. The molecule has 7 nitrogen and oxygen atoms in total. The number of imidazole rings is 1. The molecule has 2 rings (SSSR count). The summed E-state index contributed by atoms with van der Waals surface area (Å²) in [6.07, 6.45) is 1.62. The molecule has 0 saturated carbocycles. The molecule has 0 aliphatic rings. The summed E-state index contributed by atoms with van der Waals surface area (Å²) >= 11 is 0. The van der Waals surface area contributed by atoms with Gasteiger partial charge in [0, 0.05) is 12.7 Å². The number of aromatic carboxylic acids is 1. The fourth-order valence-corrected chi connectivity index (χ4v) is 1.72. The second-order valence-corrected chi connectivity index (χ2v) is 5.14. The molecule has 0 bridgehead atoms. The van der Waals surface area contributed by atoms with Crippen molar-refractivity contribution in [3.63, 3.8) is 0 Å². The van der Waals surface area contributed by atoms with Crippen molar-refractivity contribution in [2.75, 3.05) is 11.9 Å². The monoisotopic (exact) mass is 276 g/mol. The maximum Gasteiger partial charge on any atom is 0.356 e. The summed E-state index contributed by atoms with van der Waals surface area (Å²) < 4.78 is 1.47. The molecule has 0 fully saturated rings. The van der Waals surface area contributed by atoms with Gasteiger partial charge < -0.3 is 16.2 Å². The molecule has 0 spiro atoms. The predicted octanol–water partition coefficient (Wildman–Crippen LogP) is 0.956. The third kappa shape index (κ3) is 2.42. The molecule has 0 aliphatic heterocycles. The molecule has 7 heteroatoms. The molecule has 0 aliphatic carbocycles. The number of nitrogens with one attached hydrogen (secondary N) is 1. The minimum atomic E-state index is -1.09. The number of rotatable bonds is 5. The van der Waals surface area contributed by atoms with E-state index < -0.39 is 17.3 Å². The topological polar surface area (TPSA) is 110 Å². The fraction of sp³-hybridized carbons (Fsp3) is 0.308. The summed E-state index contributed by atoms with van der Waals surface area (Å²) in [7, 11) is 0. The number of anilines is 1. The van der Waals surface area contributed by atoms with Crippen molar-refractivity contribution < 1.29 is 14.7 Å². The number of pyridine rings is 1. The molecule has 1 amide bonds. The van der Waals surface area contributed by atoms with Gasteiger partial charge in [-0.2, -0.15) is 0 Å². The molecular weight excluding hydrogens is 260 g/mol. The maximum absolute atomic E-state index is 11.4. The zero-order valence-corrected chi connectivity index (χ0v) is 11.3. The van der Waals surface area contributed by atoms with E-state index in [4.69, 9.17) is 5.73 Å². The van der Waals surface area contributed by atoms with Crippen LogP contribution in [-0.2, 0) is 4.79 Å². The van der Waals surface area contributed by atoms with Crippen LogP contribution < -0.4 is 11.1 Å². The summed E-state index contributed by atoms with van der Waals surface area (Å²) in [5, 5.41) is 12.2. The normalized spacial score (nSPS) is 11.5. The standard InChI is InChI=1S/C13H16N4O3/c1-13(2,12(14)20)7-15-10-9(11(18)19)17-6-4-3-5-8(17)16-10/h3-6,15H,7H2,1-2H3,(H2,14,20)(H,18,19). The maximum atomic E-state index is 11.4. The van der Waals surface area contributed by atoms with E-state index in [1.54, 1.807) is 38.2 Å². The van der Waals surface area contributed by atoms with Crippen LogP contribution in [0.25, 0.3) is 5.65 Å². The van der Waals surface area contributed by atoms with Gasteiger partial charge in [0.25, 0.3) is 0 Å². The molecule has 20 heavy (non-hydrogen) atoms. The third-order valence-corrected chi connectivity index (χ3v) is 3.10. The summed E-state index contributed by atoms with van der Waals surface area (Å²) in [6, 6.07) is 5.19. The Morgan fingerprint density at radius 1 is 1.45 bits per heavy atom. The van der Waals surface area contributed by atoms with Gasteiger partial charge in [0.05, 0.1) is 5.41 Å². The van der Waals surface area contributed by atoms with Crippen molar-refractivity contribution in [1.82, 2.24) is 9.38 Å². The van der Waals surface area contributed by atoms with Crippen LogP contribution in [0.4, 0.5) is 5.82 Å². The lowest BCUT2D eigenvalue weighted by molar-refractivity contribution is -0.125. The zero-order chi connectivity index (χ0) is 14.9. The Labute approximate surface area is 115 Å². The van der Waals surface area contributed by atoms with E-state index in [1.165, 1.54) is 4.40 Å². The van der Waals surface area contributed by atoms with E-state index in [9.17, 15) is 14.7 Å². The Morgan fingerprint density at radius 3 is 2.75 bits per heavy atom. The van der Waals surface area contributed by atoms with Crippen LogP contribution in [0.15, 0.2) is 24.4 Å². The van der Waals surface area contributed by atoms with Gasteiger partial charge >= 0.3 is 5.97 Å². The second kappa shape index (κ2) is 4.84. The molecule has 4 N–H and O–H groups in total. The van der Waals surface area contributed by atoms with Crippen LogP contribution in [0, 0.1) is 5.41 Å². The van der Waals surface area contributed by atoms with Gasteiger partial charge in [0.15, 0.2) is 11.5 Å². The van der Waals surface area contributed by atoms with E-state index in [1.807, 2.05) is 0 Å². The largest absolute Gasteiger partial charge is 0.476 e. The number of carboxylic acid groups (broad SMARTS) is 1. The highest BCUT2D eigenvalue weighted by molar-refractivity contribution is 5.93. The molecular formula is C13H16N4O3. The number of aromatic nitrogens is 2. The van der Waals surface area contributed by atoms with Gasteiger partial charge in [-0.05, 0) is 26.0 Å². The molecule has 2 aromatic heterocycles. The van der Waals surface area contributed by atoms with Gasteiger partial charge in [0.2, 0.25) is 5.91 Å². The molecule has 2 heterocycles. The molecule has 0 unspecified atom stereocenters. The summed E-state index contributed by atoms with van der Waals surface area (Å²) in [6.45, 7) is 3.56. The first-order valence-corrected chi connectivity index (χ1v) is 6.07. The van der Waals surface area contributed by atoms with Gasteiger partial charge in [-0.3, -0.25) is 9.20 Å². The summed E-state index contributed by atoms with van der Waals surface area (Å²) in [5.74, 6) is -1.34. The summed E-state index contributed by atoms with van der Waals surface area (Å²) in [5.41, 5.74) is 5.03. The highest BCUT2D eigenvalue weighted by atomic mass is 16.4. The predicted molar refractivity (Wildman–Crippen MR) is 73.6 cm³/mol. The SMILES string of the molecule is CC(C)(CNc1nc2ccccn2c1C(=O)O)C(N)=O. The van der Waals surface area contributed by atoms with Gasteiger partial charge in [0.1, 0.15) is 5.65 Å². The van der Waals surface area contributed by atoms with Crippen LogP contribution in [-0.4, -0.2) is 32.9 Å². The molecule has 2 aromatic rings. The van der Waals surface area contributed by atoms with Gasteiger partial charge in [-0.25, -0.2) is 9.78 Å². The number of hydrogen-bond acceptors (Lipinski definition) is 4. The molecule has 0 saturated heterocycles. The Balaban J connectivity index is 2.37. The lowest BCUT2D eigenvalue weighted by Gasteiger charge is -2.20. The van der Waals surface area contributed by atoms with E-state index in [0.29, 0.717) is 5.65 Å². The number of fused-ring (bicyclic) bond motifs is 1. The highest BCUT2D eigenvalue weighted by Gasteiger charge is 2.26. The summed E-state index contributed by atoms with van der Waals surface area (Å²) in [4.78, 5) is 26.9. The van der Waals surface area contributed by atoms with E-state index in [2.05, 4.69) is 10.3 Å². The zero-order valence-electron chi connectivity index (χ0n) is 11.3. The number of hydrogen-bond donors (Lipinski definition) is 3. The van der Waals surface area contributed by atoms with Gasteiger partial charge in [-0.15, -0.1) is 0 Å². The minimum absolute atomic E-state index is 0.0286. The Bertz CT molecular complexity index is 675. The van der Waals surface area contributed by atoms with Crippen LogP contribution in [0.1, 0.15) is 24.3 Å². The molecule has 0 radical (unpaired) electrons. The first kappa shape index (κ1) is 13.9. The van der Waals surface area contributed by atoms with Crippen molar-refractivity contribution in [2.24, 2.45) is 11.1 Å².